The second kappa shape index (κ2) is 3.90. The highest BCUT2D eigenvalue weighted by atomic mass is 16.3. The summed E-state index contributed by atoms with van der Waals surface area (Å²) in [6.45, 7) is -0.185. The summed E-state index contributed by atoms with van der Waals surface area (Å²) < 4.78 is 0. The lowest BCUT2D eigenvalue weighted by atomic mass is 10.1. The zero-order valence-electron chi connectivity index (χ0n) is 6.94. The SMILES string of the molecule is N#Cc1cc([C@H](N)CO)ccc1O. The third-order valence-corrected chi connectivity index (χ3v) is 1.77. The first kappa shape index (κ1) is 9.52. The molecule has 0 radical (unpaired) electrons. The van der Waals surface area contributed by atoms with Crippen LogP contribution in [0.4, 0.5) is 0 Å². The first-order valence-corrected chi connectivity index (χ1v) is 3.78. The number of hydrogen-bond donors (Lipinski definition) is 3. The highest BCUT2D eigenvalue weighted by Crippen LogP contribution is 2.20. The summed E-state index contributed by atoms with van der Waals surface area (Å²) in [5.74, 6) is -0.0728. The van der Waals surface area contributed by atoms with Crippen molar-refractivity contribution in [3.8, 4) is 11.8 Å². The fraction of sp³-hybridized carbons (Fsp3) is 0.222. The molecule has 1 aromatic rings. The Balaban J connectivity index is 3.08. The summed E-state index contributed by atoms with van der Waals surface area (Å²) in [5.41, 5.74) is 6.33. The number of hydrogen-bond acceptors (Lipinski definition) is 4. The Morgan fingerprint density at radius 2 is 2.23 bits per heavy atom. The van der Waals surface area contributed by atoms with Crippen LogP contribution in [-0.2, 0) is 0 Å². The van der Waals surface area contributed by atoms with Crippen LogP contribution in [0.2, 0.25) is 0 Å². The molecule has 1 rings (SSSR count). The first-order valence-electron chi connectivity index (χ1n) is 3.78. The van der Waals surface area contributed by atoms with E-state index in [2.05, 4.69) is 0 Å². The molecule has 4 heteroatoms. The van der Waals surface area contributed by atoms with Gasteiger partial charge in [0.25, 0.3) is 0 Å². The van der Waals surface area contributed by atoms with Gasteiger partial charge in [0.1, 0.15) is 11.8 Å². The molecule has 0 spiro atoms. The van der Waals surface area contributed by atoms with Crippen LogP contribution >= 0.6 is 0 Å². The minimum atomic E-state index is -0.507. The number of nitrogens with zero attached hydrogens (tertiary/aromatic N) is 1. The van der Waals surface area contributed by atoms with E-state index in [0.717, 1.165) is 0 Å². The van der Waals surface area contributed by atoms with E-state index >= 15 is 0 Å². The number of nitrogens with two attached hydrogens (primary N) is 1. The van der Waals surface area contributed by atoms with Gasteiger partial charge in [-0.2, -0.15) is 5.26 Å². The topological polar surface area (TPSA) is 90.3 Å². The van der Waals surface area contributed by atoms with Crippen LogP contribution in [0.15, 0.2) is 18.2 Å². The summed E-state index contributed by atoms with van der Waals surface area (Å²) in [5, 5.41) is 26.5. The molecule has 4 nitrogen and oxygen atoms in total. The molecule has 1 atom stereocenters. The number of rotatable bonds is 2. The molecule has 0 aliphatic carbocycles. The summed E-state index contributed by atoms with van der Waals surface area (Å²) in [6, 6.07) is 5.76. The molecule has 0 aromatic heterocycles. The number of nitriles is 1. The van der Waals surface area contributed by atoms with Crippen molar-refractivity contribution in [3.05, 3.63) is 29.3 Å². The highest BCUT2D eigenvalue weighted by Gasteiger charge is 2.07. The summed E-state index contributed by atoms with van der Waals surface area (Å²) in [6.07, 6.45) is 0. The molecular weight excluding hydrogens is 168 g/mol. The third-order valence-electron chi connectivity index (χ3n) is 1.77. The molecule has 0 saturated carbocycles. The lowest BCUT2D eigenvalue weighted by Crippen LogP contribution is -2.14. The summed E-state index contributed by atoms with van der Waals surface area (Å²) in [7, 11) is 0. The fourth-order valence-electron chi connectivity index (χ4n) is 0.979. The van der Waals surface area contributed by atoms with Gasteiger partial charge in [0.2, 0.25) is 0 Å². The molecule has 0 heterocycles. The molecule has 0 bridgehead atoms. The maximum absolute atomic E-state index is 9.16. The Morgan fingerprint density at radius 1 is 1.54 bits per heavy atom. The van der Waals surface area contributed by atoms with E-state index in [1.165, 1.54) is 12.1 Å². The van der Waals surface area contributed by atoms with Gasteiger partial charge in [-0.3, -0.25) is 0 Å². The van der Waals surface area contributed by atoms with Crippen molar-refractivity contribution in [2.75, 3.05) is 6.61 Å². The van der Waals surface area contributed by atoms with E-state index in [-0.39, 0.29) is 17.9 Å². The summed E-state index contributed by atoms with van der Waals surface area (Å²) >= 11 is 0. The van der Waals surface area contributed by atoms with Gasteiger partial charge in [0, 0.05) is 0 Å². The molecule has 0 aliphatic rings. The Bertz CT molecular complexity index is 344. The molecular formula is C9H10N2O2. The second-order valence-corrected chi connectivity index (χ2v) is 2.68. The summed E-state index contributed by atoms with van der Waals surface area (Å²) in [4.78, 5) is 0. The zero-order valence-corrected chi connectivity index (χ0v) is 6.94. The number of benzene rings is 1. The quantitative estimate of drug-likeness (QED) is 0.605. The van der Waals surface area contributed by atoms with E-state index in [1.807, 2.05) is 6.07 Å². The lowest BCUT2D eigenvalue weighted by molar-refractivity contribution is 0.268. The predicted molar refractivity (Wildman–Crippen MR) is 46.8 cm³/mol. The maximum atomic E-state index is 9.16. The molecule has 68 valence electrons. The predicted octanol–water partition coefficient (Wildman–Crippen LogP) is 0.256. The minimum Gasteiger partial charge on any atom is -0.507 e. The van der Waals surface area contributed by atoms with Crippen molar-refractivity contribution in [3.63, 3.8) is 0 Å². The van der Waals surface area contributed by atoms with Crippen molar-refractivity contribution >= 4 is 0 Å². The van der Waals surface area contributed by atoms with Crippen LogP contribution in [0.3, 0.4) is 0 Å². The van der Waals surface area contributed by atoms with E-state index in [1.54, 1.807) is 6.07 Å². The highest BCUT2D eigenvalue weighted by molar-refractivity contribution is 5.45. The van der Waals surface area contributed by atoms with Gasteiger partial charge in [-0.05, 0) is 17.7 Å². The van der Waals surface area contributed by atoms with Crippen LogP contribution in [0.5, 0.6) is 5.75 Å². The minimum absolute atomic E-state index is 0.0728. The van der Waals surface area contributed by atoms with Crippen molar-refractivity contribution < 1.29 is 10.2 Å². The first-order chi connectivity index (χ1) is 6.19. The van der Waals surface area contributed by atoms with Crippen LogP contribution in [-0.4, -0.2) is 16.8 Å². The molecule has 0 unspecified atom stereocenters. The number of phenolic OH excluding ortho intramolecular Hbond substituents is 1. The molecule has 4 N–H and O–H groups in total. The Hall–Kier alpha value is -1.57. The monoisotopic (exact) mass is 178 g/mol. The number of aliphatic hydroxyl groups excluding tert-OH is 1. The largest absolute Gasteiger partial charge is 0.507 e. The van der Waals surface area contributed by atoms with Gasteiger partial charge in [0.15, 0.2) is 0 Å². The molecule has 0 fully saturated rings. The fourth-order valence-corrected chi connectivity index (χ4v) is 0.979. The van der Waals surface area contributed by atoms with Crippen molar-refractivity contribution in [1.29, 1.82) is 5.26 Å². The Morgan fingerprint density at radius 3 is 2.77 bits per heavy atom. The van der Waals surface area contributed by atoms with Gasteiger partial charge in [-0.15, -0.1) is 0 Å². The number of phenols is 1. The number of aliphatic hydroxyl groups is 1. The smallest absolute Gasteiger partial charge is 0.133 e. The zero-order chi connectivity index (χ0) is 9.84. The van der Waals surface area contributed by atoms with Gasteiger partial charge in [-0.1, -0.05) is 6.07 Å². The normalized spacial score (nSPS) is 12.1. The van der Waals surface area contributed by atoms with Crippen LogP contribution in [0.1, 0.15) is 17.2 Å². The molecule has 1 aromatic carbocycles. The molecule has 0 saturated heterocycles. The third kappa shape index (κ3) is 1.96. The van der Waals surface area contributed by atoms with E-state index in [9.17, 15) is 0 Å². The van der Waals surface area contributed by atoms with Crippen LogP contribution in [0, 0.1) is 11.3 Å². The van der Waals surface area contributed by atoms with E-state index < -0.39 is 6.04 Å². The number of aromatic hydroxyl groups is 1. The lowest BCUT2D eigenvalue weighted by Gasteiger charge is -2.08. The molecule has 0 amide bonds. The maximum Gasteiger partial charge on any atom is 0.133 e. The van der Waals surface area contributed by atoms with Gasteiger partial charge < -0.3 is 15.9 Å². The van der Waals surface area contributed by atoms with Crippen LogP contribution < -0.4 is 5.73 Å². The van der Waals surface area contributed by atoms with Gasteiger partial charge >= 0.3 is 0 Å². The van der Waals surface area contributed by atoms with Gasteiger partial charge in [0.05, 0.1) is 18.2 Å². The van der Waals surface area contributed by atoms with Crippen molar-refractivity contribution in [2.24, 2.45) is 5.73 Å². The van der Waals surface area contributed by atoms with Gasteiger partial charge in [-0.25, -0.2) is 0 Å². The molecule has 0 aliphatic heterocycles. The average molecular weight is 178 g/mol. The average Bonchev–Trinajstić information content (AvgIpc) is 2.17. The van der Waals surface area contributed by atoms with Crippen molar-refractivity contribution in [2.45, 2.75) is 6.04 Å². The Labute approximate surface area is 75.8 Å². The Kier molecular flexibility index (Phi) is 2.85. The molecule has 13 heavy (non-hydrogen) atoms. The second-order valence-electron chi connectivity index (χ2n) is 2.68. The van der Waals surface area contributed by atoms with Crippen LogP contribution in [0.25, 0.3) is 0 Å². The van der Waals surface area contributed by atoms with E-state index in [4.69, 9.17) is 21.2 Å². The van der Waals surface area contributed by atoms with E-state index in [0.29, 0.717) is 5.56 Å². The standard InChI is InChI=1S/C9H10N2O2/c10-4-7-3-6(8(11)5-12)1-2-9(7)13/h1-3,8,12-13H,5,11H2/t8-/m1/s1. The van der Waals surface area contributed by atoms with Crippen molar-refractivity contribution in [1.82, 2.24) is 0 Å².